The van der Waals surface area contributed by atoms with Crippen LogP contribution >= 0.6 is 0 Å². The summed E-state index contributed by atoms with van der Waals surface area (Å²) in [6.45, 7) is 5.53. The summed E-state index contributed by atoms with van der Waals surface area (Å²) >= 11 is 0. The van der Waals surface area contributed by atoms with Gasteiger partial charge in [0, 0.05) is 13.0 Å². The molecule has 1 N–H and O–H groups in total. The SMILES string of the molecule is CCNCc1cccc(OC2CCOC2)c1. The Morgan fingerprint density at radius 2 is 2.44 bits per heavy atom. The third-order valence-electron chi connectivity index (χ3n) is 2.67. The fraction of sp³-hybridized carbons (Fsp3) is 0.538. The Bertz CT molecular complexity index is 321. The van der Waals surface area contributed by atoms with Gasteiger partial charge in [0.25, 0.3) is 0 Å². The Morgan fingerprint density at radius 3 is 3.19 bits per heavy atom. The van der Waals surface area contributed by atoms with Crippen molar-refractivity contribution >= 4 is 0 Å². The lowest BCUT2D eigenvalue weighted by atomic mass is 10.2. The Morgan fingerprint density at radius 1 is 1.50 bits per heavy atom. The van der Waals surface area contributed by atoms with E-state index in [0.29, 0.717) is 0 Å². The van der Waals surface area contributed by atoms with Gasteiger partial charge in [-0.05, 0) is 24.2 Å². The lowest BCUT2D eigenvalue weighted by Crippen LogP contribution is -2.16. The zero-order valence-corrected chi connectivity index (χ0v) is 9.74. The number of nitrogens with one attached hydrogen (secondary N) is 1. The quantitative estimate of drug-likeness (QED) is 0.824. The Hall–Kier alpha value is -1.06. The number of hydrogen-bond acceptors (Lipinski definition) is 3. The van der Waals surface area contributed by atoms with Gasteiger partial charge in [-0.3, -0.25) is 0 Å². The molecule has 3 heteroatoms. The summed E-state index contributed by atoms with van der Waals surface area (Å²) in [7, 11) is 0. The van der Waals surface area contributed by atoms with Crippen LogP contribution in [0.5, 0.6) is 5.75 Å². The maximum atomic E-state index is 5.84. The highest BCUT2D eigenvalue weighted by atomic mass is 16.5. The van der Waals surface area contributed by atoms with Gasteiger partial charge in [0.05, 0.1) is 13.2 Å². The average molecular weight is 221 g/mol. The van der Waals surface area contributed by atoms with Crippen LogP contribution in [0.15, 0.2) is 24.3 Å². The maximum Gasteiger partial charge on any atom is 0.124 e. The molecule has 1 heterocycles. The van der Waals surface area contributed by atoms with Crippen molar-refractivity contribution in [3.63, 3.8) is 0 Å². The van der Waals surface area contributed by atoms with Crippen LogP contribution in [0.4, 0.5) is 0 Å². The molecule has 3 nitrogen and oxygen atoms in total. The second-order valence-electron chi connectivity index (χ2n) is 4.03. The van der Waals surface area contributed by atoms with E-state index < -0.39 is 0 Å². The summed E-state index contributed by atoms with van der Waals surface area (Å²) in [5, 5.41) is 3.31. The summed E-state index contributed by atoms with van der Waals surface area (Å²) in [5.74, 6) is 0.950. The van der Waals surface area contributed by atoms with Crippen molar-refractivity contribution in [1.29, 1.82) is 0 Å². The van der Waals surface area contributed by atoms with Crippen molar-refractivity contribution in [2.24, 2.45) is 0 Å². The highest BCUT2D eigenvalue weighted by molar-refractivity contribution is 5.28. The van der Waals surface area contributed by atoms with Crippen LogP contribution in [0.3, 0.4) is 0 Å². The van der Waals surface area contributed by atoms with E-state index in [2.05, 4.69) is 24.4 Å². The normalized spacial score (nSPS) is 19.9. The van der Waals surface area contributed by atoms with Crippen LogP contribution in [-0.2, 0) is 11.3 Å². The molecule has 1 aliphatic rings. The molecule has 0 radical (unpaired) electrons. The smallest absolute Gasteiger partial charge is 0.124 e. The first-order valence-corrected chi connectivity index (χ1v) is 5.92. The van der Waals surface area contributed by atoms with Crippen LogP contribution in [0.25, 0.3) is 0 Å². The number of rotatable bonds is 5. The van der Waals surface area contributed by atoms with Gasteiger partial charge in [-0.1, -0.05) is 19.1 Å². The lowest BCUT2D eigenvalue weighted by Gasteiger charge is -2.12. The Labute approximate surface area is 96.8 Å². The fourth-order valence-corrected chi connectivity index (χ4v) is 1.80. The molecule has 1 atom stereocenters. The molecule has 1 unspecified atom stereocenters. The Balaban J connectivity index is 1.92. The molecule has 1 aliphatic heterocycles. The van der Waals surface area contributed by atoms with E-state index in [0.717, 1.165) is 38.5 Å². The van der Waals surface area contributed by atoms with Crippen LogP contribution in [-0.4, -0.2) is 25.9 Å². The fourth-order valence-electron chi connectivity index (χ4n) is 1.80. The van der Waals surface area contributed by atoms with Crippen molar-refractivity contribution in [2.45, 2.75) is 26.0 Å². The van der Waals surface area contributed by atoms with Gasteiger partial charge < -0.3 is 14.8 Å². The predicted molar refractivity (Wildman–Crippen MR) is 63.7 cm³/mol. The summed E-state index contributed by atoms with van der Waals surface area (Å²) in [4.78, 5) is 0. The number of hydrogen-bond donors (Lipinski definition) is 1. The van der Waals surface area contributed by atoms with Gasteiger partial charge in [-0.25, -0.2) is 0 Å². The number of benzene rings is 1. The van der Waals surface area contributed by atoms with Crippen molar-refractivity contribution in [1.82, 2.24) is 5.32 Å². The van der Waals surface area contributed by atoms with Crippen LogP contribution in [0, 0.1) is 0 Å². The van der Waals surface area contributed by atoms with Crippen LogP contribution in [0.2, 0.25) is 0 Å². The second-order valence-corrected chi connectivity index (χ2v) is 4.03. The highest BCUT2D eigenvalue weighted by Gasteiger charge is 2.16. The third-order valence-corrected chi connectivity index (χ3v) is 2.67. The molecule has 0 aromatic heterocycles. The van der Waals surface area contributed by atoms with E-state index in [1.807, 2.05) is 12.1 Å². The van der Waals surface area contributed by atoms with E-state index in [-0.39, 0.29) is 6.10 Å². The van der Waals surface area contributed by atoms with Gasteiger partial charge in [-0.15, -0.1) is 0 Å². The molecule has 0 bridgehead atoms. The van der Waals surface area contributed by atoms with Crippen molar-refractivity contribution in [3.8, 4) is 5.75 Å². The summed E-state index contributed by atoms with van der Waals surface area (Å²) in [5.41, 5.74) is 1.26. The zero-order chi connectivity index (χ0) is 11.2. The van der Waals surface area contributed by atoms with Crippen molar-refractivity contribution in [2.75, 3.05) is 19.8 Å². The maximum absolute atomic E-state index is 5.84. The van der Waals surface area contributed by atoms with E-state index in [1.165, 1.54) is 5.56 Å². The molecule has 16 heavy (non-hydrogen) atoms. The van der Waals surface area contributed by atoms with Crippen LogP contribution in [0.1, 0.15) is 18.9 Å². The topological polar surface area (TPSA) is 30.5 Å². The first-order valence-electron chi connectivity index (χ1n) is 5.92. The summed E-state index contributed by atoms with van der Waals surface area (Å²) < 4.78 is 11.1. The second kappa shape index (κ2) is 5.87. The van der Waals surface area contributed by atoms with Gasteiger partial charge in [0.1, 0.15) is 11.9 Å². The molecule has 0 amide bonds. The van der Waals surface area contributed by atoms with E-state index >= 15 is 0 Å². The highest BCUT2D eigenvalue weighted by Crippen LogP contribution is 2.18. The minimum Gasteiger partial charge on any atom is -0.488 e. The van der Waals surface area contributed by atoms with E-state index in [1.54, 1.807) is 0 Å². The molecule has 1 aromatic rings. The van der Waals surface area contributed by atoms with Gasteiger partial charge in [0.2, 0.25) is 0 Å². The van der Waals surface area contributed by atoms with Gasteiger partial charge in [-0.2, -0.15) is 0 Å². The largest absolute Gasteiger partial charge is 0.488 e. The average Bonchev–Trinajstić information content (AvgIpc) is 2.80. The molecular weight excluding hydrogens is 202 g/mol. The van der Waals surface area contributed by atoms with Gasteiger partial charge in [0.15, 0.2) is 0 Å². The molecule has 0 aliphatic carbocycles. The minimum atomic E-state index is 0.231. The van der Waals surface area contributed by atoms with Crippen molar-refractivity contribution in [3.05, 3.63) is 29.8 Å². The predicted octanol–water partition coefficient (Wildman–Crippen LogP) is 1.96. The molecule has 0 spiro atoms. The molecule has 1 fully saturated rings. The Kier molecular flexibility index (Phi) is 4.19. The van der Waals surface area contributed by atoms with E-state index in [4.69, 9.17) is 9.47 Å². The zero-order valence-electron chi connectivity index (χ0n) is 9.74. The standard InChI is InChI=1S/C13H19NO2/c1-2-14-9-11-4-3-5-12(8-11)16-13-6-7-15-10-13/h3-5,8,13-14H,2,6-7,9-10H2,1H3. The summed E-state index contributed by atoms with van der Waals surface area (Å²) in [6, 6.07) is 8.26. The van der Waals surface area contributed by atoms with Crippen molar-refractivity contribution < 1.29 is 9.47 Å². The number of ether oxygens (including phenoxy) is 2. The minimum absolute atomic E-state index is 0.231. The lowest BCUT2D eigenvalue weighted by molar-refractivity contribution is 0.141. The summed E-state index contributed by atoms with van der Waals surface area (Å²) in [6.07, 6.45) is 1.23. The molecule has 88 valence electrons. The first kappa shape index (κ1) is 11.4. The van der Waals surface area contributed by atoms with E-state index in [9.17, 15) is 0 Å². The molecular formula is C13H19NO2. The molecule has 0 saturated carbocycles. The monoisotopic (exact) mass is 221 g/mol. The molecule has 1 saturated heterocycles. The third kappa shape index (κ3) is 3.22. The van der Waals surface area contributed by atoms with Gasteiger partial charge >= 0.3 is 0 Å². The molecule has 1 aromatic carbocycles. The first-order chi connectivity index (χ1) is 7.88. The molecule has 2 rings (SSSR count). The van der Waals surface area contributed by atoms with Crippen LogP contribution < -0.4 is 10.1 Å².